The zero-order valence-corrected chi connectivity index (χ0v) is 13.2. The van der Waals surface area contributed by atoms with Crippen molar-refractivity contribution in [3.8, 4) is 0 Å². The number of hydrogen-bond acceptors (Lipinski definition) is 6. The number of amides is 1. The number of ketones is 1. The fraction of sp³-hybridized carbons (Fsp3) is 0.333. The Labute approximate surface area is 137 Å². The van der Waals surface area contributed by atoms with Crippen molar-refractivity contribution in [2.75, 3.05) is 12.3 Å². The minimum atomic E-state index is -1.24. The van der Waals surface area contributed by atoms with E-state index in [2.05, 4.69) is 5.32 Å². The summed E-state index contributed by atoms with van der Waals surface area (Å²) in [6, 6.07) is 7.24. The zero-order chi connectivity index (χ0) is 17.2. The van der Waals surface area contributed by atoms with Gasteiger partial charge in [0.05, 0.1) is 6.54 Å². The molecule has 4 N–H and O–H groups in total. The Bertz CT molecular complexity index is 576. The van der Waals surface area contributed by atoms with E-state index >= 15 is 0 Å². The van der Waals surface area contributed by atoms with Crippen molar-refractivity contribution >= 4 is 34.5 Å². The van der Waals surface area contributed by atoms with Gasteiger partial charge in [-0.15, -0.1) is 0 Å². The molecule has 0 fully saturated rings. The molecule has 1 amide bonds. The maximum Gasteiger partial charge on any atom is 0.327 e. The Morgan fingerprint density at radius 3 is 2.35 bits per heavy atom. The molecule has 0 saturated heterocycles. The summed E-state index contributed by atoms with van der Waals surface area (Å²) in [7, 11) is 0. The summed E-state index contributed by atoms with van der Waals surface area (Å²) < 4.78 is 0. The monoisotopic (exact) mass is 338 g/mol. The van der Waals surface area contributed by atoms with E-state index < -0.39 is 17.9 Å². The number of rotatable bonds is 9. The average molecular weight is 338 g/mol. The Morgan fingerprint density at radius 2 is 1.78 bits per heavy atom. The molecule has 1 atom stereocenters. The number of carbonyl (C=O) groups excluding carboxylic acids is 3. The van der Waals surface area contributed by atoms with Gasteiger partial charge < -0.3 is 16.2 Å². The predicted molar refractivity (Wildman–Crippen MR) is 86.1 cm³/mol. The van der Waals surface area contributed by atoms with E-state index in [0.717, 1.165) is 11.8 Å². The SMILES string of the molecule is NCC(=O)CCC(=O)NC(CSC(=O)c1ccccc1)C(=O)O. The molecule has 7 nitrogen and oxygen atoms in total. The highest BCUT2D eigenvalue weighted by Crippen LogP contribution is 2.13. The van der Waals surface area contributed by atoms with Crippen molar-refractivity contribution in [2.24, 2.45) is 5.73 Å². The van der Waals surface area contributed by atoms with Gasteiger partial charge in [-0.3, -0.25) is 14.4 Å². The van der Waals surface area contributed by atoms with E-state index in [9.17, 15) is 19.2 Å². The third kappa shape index (κ3) is 7.07. The fourth-order valence-corrected chi connectivity index (χ4v) is 2.46. The Morgan fingerprint density at radius 1 is 1.13 bits per heavy atom. The Kier molecular flexibility index (Phi) is 8.00. The number of benzene rings is 1. The molecule has 0 aromatic heterocycles. The summed E-state index contributed by atoms with van der Waals surface area (Å²) in [5.74, 6) is -2.18. The van der Waals surface area contributed by atoms with Gasteiger partial charge in [-0.25, -0.2) is 4.79 Å². The van der Waals surface area contributed by atoms with Gasteiger partial charge in [0.1, 0.15) is 11.8 Å². The van der Waals surface area contributed by atoms with Gasteiger partial charge in [0, 0.05) is 24.2 Å². The number of nitrogens with one attached hydrogen (secondary N) is 1. The molecule has 0 saturated carbocycles. The number of Topliss-reactive ketones (excluding diaryl/α,β-unsaturated/α-hetero) is 1. The minimum Gasteiger partial charge on any atom is -0.480 e. The van der Waals surface area contributed by atoms with Crippen molar-refractivity contribution in [2.45, 2.75) is 18.9 Å². The van der Waals surface area contributed by atoms with Crippen LogP contribution in [0.3, 0.4) is 0 Å². The first-order valence-corrected chi connectivity index (χ1v) is 7.88. The number of carboxylic acids is 1. The molecule has 124 valence electrons. The molecule has 0 heterocycles. The highest BCUT2D eigenvalue weighted by Gasteiger charge is 2.22. The van der Waals surface area contributed by atoms with E-state index in [0.29, 0.717) is 5.56 Å². The molecule has 0 radical (unpaired) electrons. The van der Waals surface area contributed by atoms with Crippen molar-refractivity contribution in [3.05, 3.63) is 35.9 Å². The summed E-state index contributed by atoms with van der Waals surface area (Å²) in [5.41, 5.74) is 5.59. The van der Waals surface area contributed by atoms with Crippen LogP contribution in [0, 0.1) is 0 Å². The Hall–Kier alpha value is -2.19. The van der Waals surface area contributed by atoms with Crippen molar-refractivity contribution < 1.29 is 24.3 Å². The van der Waals surface area contributed by atoms with Gasteiger partial charge in [-0.05, 0) is 0 Å². The van der Waals surface area contributed by atoms with Crippen LogP contribution in [0.4, 0.5) is 0 Å². The standard InChI is InChI=1S/C15H18N2O5S/c16-8-11(18)6-7-13(19)17-12(14(20)21)9-23-15(22)10-4-2-1-3-5-10/h1-5,12H,6-9,16H2,(H,17,19)(H,20,21). The zero-order valence-electron chi connectivity index (χ0n) is 12.4. The number of aliphatic carboxylic acids is 1. The largest absolute Gasteiger partial charge is 0.480 e. The van der Waals surface area contributed by atoms with Crippen LogP contribution >= 0.6 is 11.8 Å². The van der Waals surface area contributed by atoms with E-state index in [1.165, 1.54) is 0 Å². The molecule has 0 aliphatic heterocycles. The van der Waals surface area contributed by atoms with Gasteiger partial charge >= 0.3 is 5.97 Å². The van der Waals surface area contributed by atoms with E-state index in [1.54, 1.807) is 30.3 Å². The van der Waals surface area contributed by atoms with Crippen LogP contribution < -0.4 is 11.1 Å². The highest BCUT2D eigenvalue weighted by atomic mass is 32.2. The lowest BCUT2D eigenvalue weighted by Crippen LogP contribution is -2.43. The molecule has 0 bridgehead atoms. The fourth-order valence-electron chi connectivity index (χ4n) is 1.61. The summed E-state index contributed by atoms with van der Waals surface area (Å²) in [6.45, 7) is -0.156. The molecule has 0 aliphatic carbocycles. The molecular weight excluding hydrogens is 320 g/mol. The lowest BCUT2D eigenvalue weighted by Gasteiger charge is -2.13. The molecule has 0 aliphatic rings. The average Bonchev–Trinajstić information content (AvgIpc) is 2.56. The van der Waals surface area contributed by atoms with Crippen LogP contribution in [-0.2, 0) is 14.4 Å². The van der Waals surface area contributed by atoms with Crippen molar-refractivity contribution in [1.29, 1.82) is 0 Å². The normalized spacial score (nSPS) is 11.5. The quantitative estimate of drug-likeness (QED) is 0.596. The second-order valence-electron chi connectivity index (χ2n) is 4.67. The van der Waals surface area contributed by atoms with Crippen LogP contribution in [0.25, 0.3) is 0 Å². The Balaban J connectivity index is 2.49. The summed E-state index contributed by atoms with van der Waals surface area (Å²) >= 11 is 0.815. The van der Waals surface area contributed by atoms with Crippen LogP contribution in [0.5, 0.6) is 0 Å². The van der Waals surface area contributed by atoms with Crippen LogP contribution in [0.1, 0.15) is 23.2 Å². The highest BCUT2D eigenvalue weighted by molar-refractivity contribution is 8.14. The molecule has 1 aromatic carbocycles. The number of carboxylic acid groups (broad SMARTS) is 1. The maximum atomic E-state index is 11.9. The molecule has 1 unspecified atom stereocenters. The molecule has 8 heteroatoms. The topological polar surface area (TPSA) is 127 Å². The number of thioether (sulfide) groups is 1. The van der Waals surface area contributed by atoms with E-state index in [1.807, 2.05) is 0 Å². The van der Waals surface area contributed by atoms with Crippen molar-refractivity contribution in [1.82, 2.24) is 5.32 Å². The third-order valence-corrected chi connectivity index (χ3v) is 3.88. The van der Waals surface area contributed by atoms with Gasteiger partial charge in [-0.1, -0.05) is 42.1 Å². The maximum absolute atomic E-state index is 11.9. The second kappa shape index (κ2) is 9.75. The third-order valence-electron chi connectivity index (χ3n) is 2.88. The molecular formula is C15H18N2O5S. The van der Waals surface area contributed by atoms with E-state index in [4.69, 9.17) is 10.8 Å². The van der Waals surface area contributed by atoms with Crippen LogP contribution in [-0.4, -0.2) is 46.2 Å². The van der Waals surface area contributed by atoms with Gasteiger partial charge in [0.25, 0.3) is 0 Å². The van der Waals surface area contributed by atoms with Gasteiger partial charge in [0.2, 0.25) is 11.0 Å². The number of carbonyl (C=O) groups is 4. The van der Waals surface area contributed by atoms with E-state index in [-0.39, 0.29) is 36.0 Å². The second-order valence-corrected chi connectivity index (χ2v) is 5.66. The number of nitrogens with two attached hydrogens (primary N) is 1. The number of hydrogen-bond donors (Lipinski definition) is 3. The lowest BCUT2D eigenvalue weighted by molar-refractivity contribution is -0.141. The predicted octanol–water partition coefficient (Wildman–Crippen LogP) is 0.437. The first-order valence-electron chi connectivity index (χ1n) is 6.90. The smallest absolute Gasteiger partial charge is 0.327 e. The summed E-state index contributed by atoms with van der Waals surface area (Å²) in [5, 5.41) is 11.1. The van der Waals surface area contributed by atoms with Crippen LogP contribution in [0.15, 0.2) is 30.3 Å². The molecule has 1 rings (SSSR count). The first kappa shape index (κ1) is 18.9. The molecule has 23 heavy (non-hydrogen) atoms. The summed E-state index contributed by atoms with van der Waals surface area (Å²) in [6.07, 6.45) is -0.165. The van der Waals surface area contributed by atoms with Gasteiger partial charge in [0.15, 0.2) is 0 Å². The minimum absolute atomic E-state index is 0.0369. The molecule has 0 spiro atoms. The lowest BCUT2D eigenvalue weighted by atomic mass is 10.2. The van der Waals surface area contributed by atoms with Crippen LogP contribution in [0.2, 0.25) is 0 Å². The molecule has 1 aromatic rings. The first-order chi connectivity index (χ1) is 10.9. The van der Waals surface area contributed by atoms with Crippen molar-refractivity contribution in [3.63, 3.8) is 0 Å². The summed E-state index contributed by atoms with van der Waals surface area (Å²) in [4.78, 5) is 45.7. The van der Waals surface area contributed by atoms with Gasteiger partial charge in [-0.2, -0.15) is 0 Å².